The van der Waals surface area contributed by atoms with Crippen LogP contribution in [0.3, 0.4) is 0 Å². The highest BCUT2D eigenvalue weighted by Crippen LogP contribution is 2.25. The van der Waals surface area contributed by atoms with Crippen LogP contribution in [0.15, 0.2) is 12.1 Å². The first kappa shape index (κ1) is 17.7. The smallest absolute Gasteiger partial charge is 0.0309 e. The van der Waals surface area contributed by atoms with Crippen LogP contribution in [0.25, 0.3) is 0 Å². The Bertz CT molecular complexity index is 380. The van der Waals surface area contributed by atoms with Gasteiger partial charge in [-0.15, -0.1) is 11.3 Å². The van der Waals surface area contributed by atoms with E-state index in [0.29, 0.717) is 6.04 Å². The first-order valence-electron chi connectivity index (χ1n) is 8.05. The zero-order valence-electron chi connectivity index (χ0n) is 14.1. The molecule has 0 saturated heterocycles. The maximum Gasteiger partial charge on any atom is 0.0309 e. The molecule has 0 bridgehead atoms. The summed E-state index contributed by atoms with van der Waals surface area (Å²) in [5, 5.41) is 3.71. The van der Waals surface area contributed by atoms with Gasteiger partial charge in [0.25, 0.3) is 0 Å². The van der Waals surface area contributed by atoms with Crippen LogP contribution in [0.1, 0.15) is 51.3 Å². The van der Waals surface area contributed by atoms with Crippen molar-refractivity contribution in [2.75, 3.05) is 19.6 Å². The summed E-state index contributed by atoms with van der Waals surface area (Å²) in [5.74, 6) is 0. The van der Waals surface area contributed by atoms with Gasteiger partial charge in [0.05, 0.1) is 0 Å². The molecule has 1 N–H and O–H groups in total. The van der Waals surface area contributed by atoms with Crippen molar-refractivity contribution in [1.82, 2.24) is 10.2 Å². The van der Waals surface area contributed by atoms with Crippen LogP contribution in [-0.2, 0) is 12.8 Å². The highest BCUT2D eigenvalue weighted by Gasteiger charge is 2.33. The normalized spacial score (nSPS) is 13.9. The summed E-state index contributed by atoms with van der Waals surface area (Å²) in [6.07, 6.45) is 2.28. The Morgan fingerprint density at radius 1 is 1.10 bits per heavy atom. The maximum absolute atomic E-state index is 3.71. The van der Waals surface area contributed by atoms with E-state index in [-0.39, 0.29) is 5.54 Å². The first-order valence-corrected chi connectivity index (χ1v) is 8.87. The predicted molar refractivity (Wildman–Crippen MR) is 91.9 cm³/mol. The molecule has 0 aliphatic heterocycles. The minimum absolute atomic E-state index is 0.176. The molecule has 116 valence electrons. The monoisotopic (exact) mass is 296 g/mol. The lowest BCUT2D eigenvalue weighted by molar-refractivity contribution is 0.0921. The van der Waals surface area contributed by atoms with Gasteiger partial charge < -0.3 is 5.32 Å². The van der Waals surface area contributed by atoms with Gasteiger partial charge in [-0.1, -0.05) is 27.7 Å². The molecule has 0 aliphatic carbocycles. The number of aryl methyl sites for hydroxylation is 1. The third kappa shape index (κ3) is 4.31. The van der Waals surface area contributed by atoms with E-state index in [9.17, 15) is 0 Å². The standard InChI is InChI=1S/C17H32N2S/c1-7-14-11-12-15(20-14)13-16(18-8-2)17(5,6)19(9-3)10-4/h11-12,16,18H,7-10,13H2,1-6H3. The van der Waals surface area contributed by atoms with Crippen molar-refractivity contribution in [3.63, 3.8) is 0 Å². The zero-order chi connectivity index (χ0) is 15.2. The Balaban J connectivity index is 2.86. The van der Waals surface area contributed by atoms with Crippen molar-refractivity contribution in [3.05, 3.63) is 21.9 Å². The molecule has 1 aromatic heterocycles. The molecule has 1 heterocycles. The lowest BCUT2D eigenvalue weighted by Gasteiger charge is -2.43. The van der Waals surface area contributed by atoms with Gasteiger partial charge >= 0.3 is 0 Å². The van der Waals surface area contributed by atoms with Crippen LogP contribution >= 0.6 is 11.3 Å². The molecule has 20 heavy (non-hydrogen) atoms. The van der Waals surface area contributed by atoms with Crippen molar-refractivity contribution in [2.45, 2.75) is 66.0 Å². The molecular weight excluding hydrogens is 264 g/mol. The topological polar surface area (TPSA) is 15.3 Å². The van der Waals surface area contributed by atoms with Gasteiger partial charge in [-0.25, -0.2) is 0 Å². The molecule has 1 aromatic rings. The van der Waals surface area contributed by atoms with Crippen LogP contribution in [-0.4, -0.2) is 36.1 Å². The summed E-state index contributed by atoms with van der Waals surface area (Å²) in [6.45, 7) is 17.0. The third-order valence-corrected chi connectivity index (χ3v) is 5.60. The quantitative estimate of drug-likeness (QED) is 0.742. The Morgan fingerprint density at radius 2 is 1.70 bits per heavy atom. The van der Waals surface area contributed by atoms with E-state index in [1.54, 1.807) is 0 Å². The second-order valence-electron chi connectivity index (χ2n) is 5.86. The molecular formula is C17H32N2S. The van der Waals surface area contributed by atoms with Crippen molar-refractivity contribution < 1.29 is 0 Å². The molecule has 0 spiro atoms. The minimum atomic E-state index is 0.176. The Morgan fingerprint density at radius 3 is 2.15 bits per heavy atom. The van der Waals surface area contributed by atoms with Crippen molar-refractivity contribution in [1.29, 1.82) is 0 Å². The van der Waals surface area contributed by atoms with Gasteiger partial charge in [0.2, 0.25) is 0 Å². The van der Waals surface area contributed by atoms with E-state index in [1.807, 2.05) is 11.3 Å². The summed E-state index contributed by atoms with van der Waals surface area (Å²) in [7, 11) is 0. The fourth-order valence-corrected chi connectivity index (χ4v) is 4.00. The average molecular weight is 297 g/mol. The van der Waals surface area contributed by atoms with E-state index in [0.717, 1.165) is 32.5 Å². The van der Waals surface area contributed by atoms with Crippen LogP contribution < -0.4 is 5.32 Å². The highest BCUT2D eigenvalue weighted by atomic mass is 32.1. The zero-order valence-corrected chi connectivity index (χ0v) is 14.9. The number of nitrogens with zero attached hydrogens (tertiary/aromatic N) is 1. The minimum Gasteiger partial charge on any atom is -0.312 e. The number of likely N-dealkylation sites (N-methyl/N-ethyl adjacent to an activating group) is 2. The van der Waals surface area contributed by atoms with Crippen molar-refractivity contribution in [2.24, 2.45) is 0 Å². The van der Waals surface area contributed by atoms with Gasteiger partial charge in [-0.3, -0.25) is 4.90 Å². The molecule has 2 nitrogen and oxygen atoms in total. The fourth-order valence-electron chi connectivity index (χ4n) is 3.00. The Hall–Kier alpha value is -0.380. The second kappa shape index (κ2) is 8.16. The molecule has 1 unspecified atom stereocenters. The molecule has 1 rings (SSSR count). The summed E-state index contributed by atoms with van der Waals surface area (Å²) < 4.78 is 0. The molecule has 0 amide bonds. The lowest BCUT2D eigenvalue weighted by Crippen LogP contribution is -2.58. The molecule has 0 fully saturated rings. The molecule has 0 aromatic carbocycles. The maximum atomic E-state index is 3.71. The van der Waals surface area contributed by atoms with Crippen molar-refractivity contribution in [3.8, 4) is 0 Å². The summed E-state index contributed by atoms with van der Waals surface area (Å²) in [4.78, 5) is 5.57. The molecule has 0 aliphatic rings. The average Bonchev–Trinajstić information content (AvgIpc) is 2.87. The van der Waals surface area contributed by atoms with Crippen LogP contribution in [0.5, 0.6) is 0 Å². The third-order valence-electron chi connectivity index (χ3n) is 4.35. The number of hydrogen-bond acceptors (Lipinski definition) is 3. The summed E-state index contributed by atoms with van der Waals surface area (Å²) in [6, 6.07) is 5.09. The molecule has 3 heteroatoms. The first-order chi connectivity index (χ1) is 9.49. The van der Waals surface area contributed by atoms with Crippen LogP contribution in [0, 0.1) is 0 Å². The molecule has 0 saturated carbocycles. The van der Waals surface area contributed by atoms with E-state index in [2.05, 4.69) is 63.9 Å². The van der Waals surface area contributed by atoms with Crippen LogP contribution in [0.4, 0.5) is 0 Å². The SMILES string of the molecule is CCNC(Cc1ccc(CC)s1)C(C)(C)N(CC)CC. The Labute approximate surface area is 129 Å². The number of nitrogens with one attached hydrogen (secondary N) is 1. The lowest BCUT2D eigenvalue weighted by atomic mass is 9.89. The predicted octanol–water partition coefficient (Wildman–Crippen LogP) is 3.95. The Kier molecular flexibility index (Phi) is 7.21. The van der Waals surface area contributed by atoms with Gasteiger partial charge in [0, 0.05) is 21.3 Å². The number of hydrogen-bond donors (Lipinski definition) is 1. The number of rotatable bonds is 9. The van der Waals surface area contributed by atoms with Gasteiger partial charge in [0.15, 0.2) is 0 Å². The van der Waals surface area contributed by atoms with E-state index in [4.69, 9.17) is 0 Å². The van der Waals surface area contributed by atoms with Gasteiger partial charge in [-0.2, -0.15) is 0 Å². The number of thiophene rings is 1. The largest absolute Gasteiger partial charge is 0.312 e. The molecule has 0 radical (unpaired) electrons. The van der Waals surface area contributed by atoms with Crippen LogP contribution in [0.2, 0.25) is 0 Å². The summed E-state index contributed by atoms with van der Waals surface area (Å²) in [5.41, 5.74) is 0.176. The van der Waals surface area contributed by atoms with Gasteiger partial charge in [-0.05, 0) is 58.5 Å². The van der Waals surface area contributed by atoms with E-state index >= 15 is 0 Å². The molecule has 1 atom stereocenters. The summed E-state index contributed by atoms with van der Waals surface area (Å²) >= 11 is 1.97. The van der Waals surface area contributed by atoms with E-state index in [1.165, 1.54) is 9.75 Å². The fraction of sp³-hybridized carbons (Fsp3) is 0.765. The van der Waals surface area contributed by atoms with E-state index < -0.39 is 0 Å². The highest BCUT2D eigenvalue weighted by molar-refractivity contribution is 7.11. The van der Waals surface area contributed by atoms with Gasteiger partial charge in [0.1, 0.15) is 0 Å². The van der Waals surface area contributed by atoms with Crippen molar-refractivity contribution >= 4 is 11.3 Å². The second-order valence-corrected chi connectivity index (χ2v) is 7.11.